The molecular formula is C17H31IN4O3S. The molecule has 1 aromatic heterocycles. The maximum atomic E-state index is 5.67. The summed E-state index contributed by atoms with van der Waals surface area (Å²) in [6.07, 6.45) is 2.55. The zero-order valence-electron chi connectivity index (χ0n) is 16.1. The van der Waals surface area contributed by atoms with Crippen LogP contribution in [0, 0.1) is 0 Å². The van der Waals surface area contributed by atoms with Gasteiger partial charge >= 0.3 is 0 Å². The topological polar surface area (TPSA) is 68.2 Å². The second-order valence-electron chi connectivity index (χ2n) is 6.10. The third-order valence-corrected chi connectivity index (χ3v) is 5.16. The van der Waals surface area contributed by atoms with Gasteiger partial charge in [0.2, 0.25) is 0 Å². The largest absolute Gasteiger partial charge is 0.377 e. The lowest BCUT2D eigenvalue weighted by atomic mass is 10.2. The molecule has 0 spiro atoms. The van der Waals surface area contributed by atoms with E-state index in [1.807, 2.05) is 14.0 Å². The van der Waals surface area contributed by atoms with Crippen molar-refractivity contribution in [1.29, 1.82) is 0 Å². The van der Waals surface area contributed by atoms with Crippen LogP contribution in [0.2, 0.25) is 0 Å². The molecule has 26 heavy (non-hydrogen) atoms. The number of nitrogens with zero attached hydrogens (tertiary/aromatic N) is 3. The third-order valence-electron chi connectivity index (χ3n) is 4.10. The highest BCUT2D eigenvalue weighted by Crippen LogP contribution is 2.20. The number of halogens is 1. The molecule has 0 bridgehead atoms. The minimum atomic E-state index is 0. The minimum Gasteiger partial charge on any atom is -0.377 e. The van der Waals surface area contributed by atoms with E-state index < -0.39 is 0 Å². The Morgan fingerprint density at radius 2 is 2.38 bits per heavy atom. The number of aromatic nitrogens is 1. The Hall–Kier alpha value is -0.490. The van der Waals surface area contributed by atoms with Crippen molar-refractivity contribution >= 4 is 41.3 Å². The molecule has 2 heterocycles. The fraction of sp³-hybridized carbons (Fsp3) is 0.765. The fourth-order valence-electron chi connectivity index (χ4n) is 2.61. The van der Waals surface area contributed by atoms with Crippen LogP contribution in [0.4, 0.5) is 0 Å². The van der Waals surface area contributed by atoms with Crippen LogP contribution in [0.25, 0.3) is 0 Å². The van der Waals surface area contributed by atoms with Gasteiger partial charge in [-0.2, -0.15) is 0 Å². The molecule has 0 saturated carbocycles. The standard InChI is InChI=1S/C17H30N4O3S.HI/c1-13(22-4)16-20-14(12-25-16)10-21(3)17(18-2)19-7-9-23-11-15-6-5-8-24-15;/h12-13,15H,5-11H2,1-4H3,(H,18,19);1H. The summed E-state index contributed by atoms with van der Waals surface area (Å²) >= 11 is 1.63. The third kappa shape index (κ3) is 7.63. The predicted octanol–water partition coefficient (Wildman–Crippen LogP) is 2.67. The summed E-state index contributed by atoms with van der Waals surface area (Å²) in [6.45, 7) is 5.60. The lowest BCUT2D eigenvalue weighted by Gasteiger charge is -2.21. The van der Waals surface area contributed by atoms with E-state index >= 15 is 0 Å². The summed E-state index contributed by atoms with van der Waals surface area (Å²) in [6, 6.07) is 0. The average Bonchev–Trinajstić information content (AvgIpc) is 3.29. The van der Waals surface area contributed by atoms with Crippen LogP contribution < -0.4 is 5.32 Å². The Morgan fingerprint density at radius 3 is 3.04 bits per heavy atom. The highest BCUT2D eigenvalue weighted by Gasteiger charge is 2.15. The van der Waals surface area contributed by atoms with Crippen molar-refractivity contribution in [2.45, 2.75) is 38.5 Å². The normalized spacial score (nSPS) is 18.5. The number of rotatable bonds is 9. The molecule has 0 aliphatic carbocycles. The molecule has 2 atom stereocenters. The molecule has 7 nitrogen and oxygen atoms in total. The molecule has 1 fully saturated rings. The number of nitrogens with one attached hydrogen (secondary N) is 1. The highest BCUT2D eigenvalue weighted by atomic mass is 127. The minimum absolute atomic E-state index is 0. The molecule has 1 aliphatic rings. The molecule has 1 aromatic rings. The Balaban J connectivity index is 0.00000338. The van der Waals surface area contributed by atoms with Crippen LogP contribution in [-0.2, 0) is 20.8 Å². The van der Waals surface area contributed by atoms with E-state index in [0.29, 0.717) is 26.3 Å². The summed E-state index contributed by atoms with van der Waals surface area (Å²) in [5.74, 6) is 0.829. The molecule has 150 valence electrons. The fourth-order valence-corrected chi connectivity index (χ4v) is 3.45. The van der Waals surface area contributed by atoms with Gasteiger partial charge in [0.25, 0.3) is 0 Å². The lowest BCUT2D eigenvalue weighted by molar-refractivity contribution is 0.0190. The smallest absolute Gasteiger partial charge is 0.193 e. The molecule has 2 unspecified atom stereocenters. The van der Waals surface area contributed by atoms with Crippen LogP contribution in [0.5, 0.6) is 0 Å². The van der Waals surface area contributed by atoms with Gasteiger partial charge in [-0.15, -0.1) is 35.3 Å². The zero-order valence-corrected chi connectivity index (χ0v) is 19.2. The van der Waals surface area contributed by atoms with E-state index in [1.54, 1.807) is 25.5 Å². The molecule has 1 saturated heterocycles. The Kier molecular flexibility index (Phi) is 11.6. The second-order valence-corrected chi connectivity index (χ2v) is 6.98. The van der Waals surface area contributed by atoms with Crippen LogP contribution in [0.15, 0.2) is 10.4 Å². The van der Waals surface area contributed by atoms with Crippen molar-refractivity contribution in [3.63, 3.8) is 0 Å². The van der Waals surface area contributed by atoms with Crippen molar-refractivity contribution in [1.82, 2.24) is 15.2 Å². The van der Waals surface area contributed by atoms with E-state index in [2.05, 4.69) is 25.6 Å². The van der Waals surface area contributed by atoms with Gasteiger partial charge in [-0.3, -0.25) is 4.99 Å². The first-order chi connectivity index (χ1) is 12.1. The van der Waals surface area contributed by atoms with Crippen molar-refractivity contribution in [2.24, 2.45) is 4.99 Å². The molecular weight excluding hydrogens is 467 g/mol. The van der Waals surface area contributed by atoms with Gasteiger partial charge in [-0.25, -0.2) is 4.98 Å². The number of methoxy groups -OCH3 is 1. The van der Waals surface area contributed by atoms with E-state index in [-0.39, 0.29) is 36.2 Å². The average molecular weight is 498 g/mol. The summed E-state index contributed by atoms with van der Waals surface area (Å²) in [7, 11) is 5.48. The van der Waals surface area contributed by atoms with Crippen molar-refractivity contribution in [3.05, 3.63) is 16.1 Å². The molecule has 0 radical (unpaired) electrons. The van der Waals surface area contributed by atoms with Gasteiger partial charge in [-0.05, 0) is 19.8 Å². The molecule has 0 amide bonds. The Morgan fingerprint density at radius 1 is 1.58 bits per heavy atom. The number of thiazole rings is 1. The highest BCUT2D eigenvalue weighted by molar-refractivity contribution is 14.0. The van der Waals surface area contributed by atoms with Crippen LogP contribution in [0.1, 0.15) is 36.6 Å². The number of hydrogen-bond acceptors (Lipinski definition) is 6. The maximum Gasteiger partial charge on any atom is 0.193 e. The SMILES string of the molecule is CN=C(NCCOCC1CCCO1)N(C)Cc1csc(C(C)OC)n1.I. The maximum absolute atomic E-state index is 5.67. The van der Waals surface area contributed by atoms with Crippen molar-refractivity contribution in [3.8, 4) is 0 Å². The second kappa shape index (κ2) is 12.8. The number of hydrogen-bond donors (Lipinski definition) is 1. The first-order valence-corrected chi connectivity index (χ1v) is 9.60. The summed E-state index contributed by atoms with van der Waals surface area (Å²) in [5, 5.41) is 6.38. The Bertz CT molecular complexity index is 538. The molecule has 0 aromatic carbocycles. The van der Waals surface area contributed by atoms with E-state index in [0.717, 1.165) is 36.1 Å². The van der Waals surface area contributed by atoms with E-state index in [4.69, 9.17) is 14.2 Å². The monoisotopic (exact) mass is 498 g/mol. The molecule has 1 aliphatic heterocycles. The molecule has 2 rings (SSSR count). The van der Waals surface area contributed by atoms with Gasteiger partial charge in [0.05, 0.1) is 31.6 Å². The number of aliphatic imine (C=N–C) groups is 1. The van der Waals surface area contributed by atoms with Gasteiger partial charge in [0.1, 0.15) is 11.1 Å². The van der Waals surface area contributed by atoms with Gasteiger partial charge in [0, 0.05) is 39.7 Å². The summed E-state index contributed by atoms with van der Waals surface area (Å²) in [5.41, 5.74) is 1.02. The summed E-state index contributed by atoms with van der Waals surface area (Å²) < 4.78 is 16.5. The zero-order chi connectivity index (χ0) is 18.1. The van der Waals surface area contributed by atoms with Crippen LogP contribution >= 0.6 is 35.3 Å². The predicted molar refractivity (Wildman–Crippen MR) is 116 cm³/mol. The number of ether oxygens (including phenoxy) is 3. The van der Waals surface area contributed by atoms with Crippen LogP contribution in [0.3, 0.4) is 0 Å². The Labute approximate surface area is 177 Å². The van der Waals surface area contributed by atoms with Crippen molar-refractivity contribution < 1.29 is 14.2 Å². The summed E-state index contributed by atoms with van der Waals surface area (Å²) in [4.78, 5) is 11.0. The van der Waals surface area contributed by atoms with Gasteiger partial charge in [0.15, 0.2) is 5.96 Å². The van der Waals surface area contributed by atoms with Gasteiger partial charge < -0.3 is 24.4 Å². The number of guanidine groups is 1. The lowest BCUT2D eigenvalue weighted by Crippen LogP contribution is -2.40. The van der Waals surface area contributed by atoms with Gasteiger partial charge in [-0.1, -0.05) is 0 Å². The first kappa shape index (κ1) is 23.5. The van der Waals surface area contributed by atoms with Crippen molar-refractivity contribution in [2.75, 3.05) is 47.6 Å². The quantitative estimate of drug-likeness (QED) is 0.245. The van der Waals surface area contributed by atoms with Crippen LogP contribution in [-0.4, -0.2) is 69.5 Å². The first-order valence-electron chi connectivity index (χ1n) is 8.72. The molecule has 9 heteroatoms. The van der Waals surface area contributed by atoms with E-state index in [1.165, 1.54) is 0 Å². The van der Waals surface area contributed by atoms with E-state index in [9.17, 15) is 0 Å². The molecule has 1 N–H and O–H groups in total.